The van der Waals surface area contributed by atoms with Gasteiger partial charge in [0.15, 0.2) is 0 Å². The summed E-state index contributed by atoms with van der Waals surface area (Å²) in [6.45, 7) is 1.98. The second-order valence-corrected chi connectivity index (χ2v) is 3.71. The number of aromatic nitrogens is 2. The lowest BCUT2D eigenvalue weighted by molar-refractivity contribution is 0.628. The lowest BCUT2D eigenvalue weighted by atomic mass is 10.1. The Bertz CT molecular complexity index is 497. The molecule has 0 aliphatic carbocycles. The van der Waals surface area contributed by atoms with Crippen LogP contribution in [0, 0.1) is 5.82 Å². The Morgan fingerprint density at radius 3 is 2.50 bits per heavy atom. The largest absolute Gasteiger partial charge is 0.236 e. The molecule has 0 aliphatic heterocycles. The highest BCUT2D eigenvalue weighted by Crippen LogP contribution is 2.25. The molecule has 1 heterocycles. The van der Waals surface area contributed by atoms with Crippen molar-refractivity contribution in [1.82, 2.24) is 9.97 Å². The van der Waals surface area contributed by atoms with Crippen molar-refractivity contribution in [3.63, 3.8) is 0 Å². The van der Waals surface area contributed by atoms with Gasteiger partial charge in [-0.3, -0.25) is 0 Å². The van der Waals surface area contributed by atoms with Crippen LogP contribution in [0.3, 0.4) is 0 Å². The van der Waals surface area contributed by atoms with Gasteiger partial charge in [0.25, 0.3) is 0 Å². The molecule has 1 aromatic carbocycles. The molecule has 2 aromatic rings. The van der Waals surface area contributed by atoms with Crippen LogP contribution in [0.15, 0.2) is 30.6 Å². The molecule has 82 valence electrons. The molecule has 0 N–H and O–H groups in total. The van der Waals surface area contributed by atoms with Crippen LogP contribution in [-0.2, 0) is 6.42 Å². The van der Waals surface area contributed by atoms with Gasteiger partial charge in [0.2, 0.25) is 0 Å². The number of halogens is 2. The Labute approximate surface area is 98.1 Å². The first-order chi connectivity index (χ1) is 7.72. The maximum atomic E-state index is 12.8. The summed E-state index contributed by atoms with van der Waals surface area (Å²) in [4.78, 5) is 8.13. The molecule has 0 spiro atoms. The summed E-state index contributed by atoms with van der Waals surface area (Å²) in [6.07, 6.45) is 2.16. The number of hydrogen-bond acceptors (Lipinski definition) is 2. The molecule has 0 radical (unpaired) electrons. The fourth-order valence-corrected chi connectivity index (χ4v) is 1.83. The SMILES string of the molecule is CCc1c(Cl)ncnc1-c1ccc(F)cc1. The van der Waals surface area contributed by atoms with Crippen molar-refractivity contribution in [2.24, 2.45) is 0 Å². The van der Waals surface area contributed by atoms with Crippen LogP contribution >= 0.6 is 11.6 Å². The normalized spacial score (nSPS) is 10.4. The molecule has 0 unspecified atom stereocenters. The first-order valence-electron chi connectivity index (χ1n) is 4.97. The van der Waals surface area contributed by atoms with Gasteiger partial charge in [-0.05, 0) is 30.7 Å². The van der Waals surface area contributed by atoms with Crippen molar-refractivity contribution < 1.29 is 4.39 Å². The first-order valence-corrected chi connectivity index (χ1v) is 5.35. The van der Waals surface area contributed by atoms with Crippen LogP contribution < -0.4 is 0 Å². The standard InChI is InChI=1S/C12H10ClFN2/c1-2-10-11(15-7-16-12(10)13)8-3-5-9(14)6-4-8/h3-7H,2H2,1H3. The summed E-state index contributed by atoms with van der Waals surface area (Å²) in [7, 11) is 0. The molecule has 1 aromatic heterocycles. The molecule has 0 amide bonds. The summed E-state index contributed by atoms with van der Waals surface area (Å²) in [6, 6.07) is 6.19. The number of nitrogens with zero attached hydrogens (tertiary/aromatic N) is 2. The van der Waals surface area contributed by atoms with Crippen molar-refractivity contribution in [2.45, 2.75) is 13.3 Å². The number of rotatable bonds is 2. The summed E-state index contributed by atoms with van der Waals surface area (Å²) < 4.78 is 12.8. The minimum Gasteiger partial charge on any atom is -0.236 e. The Balaban J connectivity index is 2.55. The quantitative estimate of drug-likeness (QED) is 0.746. The van der Waals surface area contributed by atoms with Crippen LogP contribution in [0.4, 0.5) is 4.39 Å². The van der Waals surface area contributed by atoms with Crippen LogP contribution in [-0.4, -0.2) is 9.97 Å². The Hall–Kier alpha value is -1.48. The van der Waals surface area contributed by atoms with Gasteiger partial charge in [-0.2, -0.15) is 0 Å². The second-order valence-electron chi connectivity index (χ2n) is 3.35. The summed E-state index contributed by atoms with van der Waals surface area (Å²) in [5.74, 6) is -0.262. The van der Waals surface area contributed by atoms with Crippen LogP contribution in [0.5, 0.6) is 0 Å². The van der Waals surface area contributed by atoms with Crippen molar-refractivity contribution in [1.29, 1.82) is 0 Å². The smallest absolute Gasteiger partial charge is 0.136 e. The maximum absolute atomic E-state index is 12.8. The zero-order valence-corrected chi connectivity index (χ0v) is 9.50. The minimum absolute atomic E-state index is 0.262. The first kappa shape index (κ1) is 11.0. The highest BCUT2D eigenvalue weighted by atomic mass is 35.5. The van der Waals surface area contributed by atoms with Crippen LogP contribution in [0.2, 0.25) is 5.15 Å². The summed E-state index contributed by atoms with van der Waals surface area (Å²) >= 11 is 5.99. The van der Waals surface area contributed by atoms with E-state index in [-0.39, 0.29) is 5.82 Å². The van der Waals surface area contributed by atoms with Gasteiger partial charge in [0.1, 0.15) is 17.3 Å². The Morgan fingerprint density at radius 2 is 1.88 bits per heavy atom. The fraction of sp³-hybridized carbons (Fsp3) is 0.167. The zero-order chi connectivity index (χ0) is 11.5. The van der Waals surface area contributed by atoms with Gasteiger partial charge >= 0.3 is 0 Å². The van der Waals surface area contributed by atoms with Crippen molar-refractivity contribution in [3.8, 4) is 11.3 Å². The van der Waals surface area contributed by atoms with Gasteiger partial charge in [-0.15, -0.1) is 0 Å². The highest BCUT2D eigenvalue weighted by molar-refractivity contribution is 6.30. The average Bonchev–Trinajstić information content (AvgIpc) is 2.30. The molecule has 0 aliphatic rings. The molecule has 4 heteroatoms. The molecule has 0 bridgehead atoms. The van der Waals surface area contributed by atoms with Gasteiger partial charge in [0, 0.05) is 11.1 Å². The van der Waals surface area contributed by atoms with E-state index in [4.69, 9.17) is 11.6 Å². The third-order valence-corrected chi connectivity index (χ3v) is 2.69. The lowest BCUT2D eigenvalue weighted by Gasteiger charge is -2.07. The predicted octanol–water partition coefficient (Wildman–Crippen LogP) is 3.50. The topological polar surface area (TPSA) is 25.8 Å². The van der Waals surface area contributed by atoms with E-state index < -0.39 is 0 Å². The zero-order valence-electron chi connectivity index (χ0n) is 8.74. The van der Waals surface area contributed by atoms with E-state index in [1.165, 1.54) is 18.5 Å². The van der Waals surface area contributed by atoms with Gasteiger partial charge < -0.3 is 0 Å². The van der Waals surface area contributed by atoms with E-state index in [2.05, 4.69) is 9.97 Å². The number of benzene rings is 1. The third-order valence-electron chi connectivity index (χ3n) is 2.36. The summed E-state index contributed by atoms with van der Waals surface area (Å²) in [5.41, 5.74) is 2.50. The van der Waals surface area contributed by atoms with Gasteiger partial charge in [-0.1, -0.05) is 18.5 Å². The minimum atomic E-state index is -0.262. The average molecular weight is 237 g/mol. The van der Waals surface area contributed by atoms with E-state index in [1.54, 1.807) is 12.1 Å². The van der Waals surface area contributed by atoms with E-state index >= 15 is 0 Å². The monoisotopic (exact) mass is 236 g/mol. The summed E-state index contributed by atoms with van der Waals surface area (Å²) in [5, 5.41) is 0.455. The Morgan fingerprint density at radius 1 is 1.19 bits per heavy atom. The fourth-order valence-electron chi connectivity index (χ4n) is 1.56. The van der Waals surface area contributed by atoms with Crippen molar-refractivity contribution >= 4 is 11.6 Å². The third kappa shape index (κ3) is 2.04. The molecule has 0 saturated carbocycles. The maximum Gasteiger partial charge on any atom is 0.136 e. The Kier molecular flexibility index (Phi) is 3.15. The molecule has 0 atom stereocenters. The molecule has 0 fully saturated rings. The predicted molar refractivity (Wildman–Crippen MR) is 61.8 cm³/mol. The molecule has 16 heavy (non-hydrogen) atoms. The van der Waals surface area contributed by atoms with Gasteiger partial charge in [0.05, 0.1) is 5.69 Å². The second kappa shape index (κ2) is 4.58. The lowest BCUT2D eigenvalue weighted by Crippen LogP contribution is -1.95. The van der Waals surface area contributed by atoms with E-state index in [9.17, 15) is 4.39 Å². The van der Waals surface area contributed by atoms with E-state index in [0.29, 0.717) is 5.15 Å². The molecule has 0 saturated heterocycles. The van der Waals surface area contributed by atoms with Crippen molar-refractivity contribution in [3.05, 3.63) is 47.1 Å². The molecule has 2 nitrogen and oxygen atoms in total. The highest BCUT2D eigenvalue weighted by Gasteiger charge is 2.09. The number of hydrogen-bond donors (Lipinski definition) is 0. The molecular weight excluding hydrogens is 227 g/mol. The van der Waals surface area contributed by atoms with Gasteiger partial charge in [-0.25, -0.2) is 14.4 Å². The van der Waals surface area contributed by atoms with Crippen LogP contribution in [0.25, 0.3) is 11.3 Å². The van der Waals surface area contributed by atoms with Crippen molar-refractivity contribution in [2.75, 3.05) is 0 Å². The van der Waals surface area contributed by atoms with Crippen LogP contribution in [0.1, 0.15) is 12.5 Å². The molecular formula is C12H10ClFN2. The van der Waals surface area contributed by atoms with E-state index in [0.717, 1.165) is 23.2 Å². The van der Waals surface area contributed by atoms with E-state index in [1.807, 2.05) is 6.92 Å². The molecule has 2 rings (SSSR count).